The van der Waals surface area contributed by atoms with Crippen molar-refractivity contribution in [2.45, 2.75) is 56.2 Å². The Morgan fingerprint density at radius 2 is 1.87 bits per heavy atom. The van der Waals surface area contributed by atoms with Crippen molar-refractivity contribution in [3.63, 3.8) is 0 Å². The number of ketones is 1. The molecule has 0 heterocycles. The number of carbonyl (C=O) groups excluding carboxylic acids is 1. The van der Waals surface area contributed by atoms with Gasteiger partial charge in [0.05, 0.1) is 4.32 Å². The van der Waals surface area contributed by atoms with Gasteiger partial charge in [0.1, 0.15) is 5.82 Å². The number of hydrogen-bond acceptors (Lipinski definition) is 2. The molecule has 1 aromatic rings. The molecule has 0 unspecified atom stereocenters. The second-order valence-corrected chi connectivity index (χ2v) is 8.84. The zero-order valence-electron chi connectivity index (χ0n) is 13.4. The molecule has 2 rings (SSSR count). The number of benzene rings is 1. The van der Waals surface area contributed by atoms with E-state index in [1.807, 2.05) is 0 Å². The van der Waals surface area contributed by atoms with Crippen LogP contribution in [-0.2, 0) is 4.79 Å². The lowest BCUT2D eigenvalue weighted by atomic mass is 9.77. The van der Waals surface area contributed by atoms with Crippen LogP contribution in [0.4, 0.5) is 4.39 Å². The van der Waals surface area contributed by atoms with E-state index in [9.17, 15) is 14.0 Å². The van der Waals surface area contributed by atoms with Crippen molar-refractivity contribution in [1.29, 1.82) is 0 Å². The third-order valence-electron chi connectivity index (χ3n) is 4.55. The molecule has 0 aliphatic heterocycles. The van der Waals surface area contributed by atoms with Crippen LogP contribution in [0.3, 0.4) is 0 Å². The Hall–Kier alpha value is -1.23. The molecule has 5 heteroatoms. The Bertz CT molecular complexity index is 599. The highest BCUT2D eigenvalue weighted by Gasteiger charge is 2.28. The van der Waals surface area contributed by atoms with E-state index >= 15 is 0 Å². The zero-order chi connectivity index (χ0) is 17.2. The largest absolute Gasteiger partial charge is 0.481 e. The smallest absolute Gasteiger partial charge is 0.303 e. The number of Topliss-reactive ketones (excluding diaryl/α,β-unsaturated/α-hetero) is 1. The number of carboxylic acids is 1. The molecule has 1 saturated carbocycles. The number of alkyl halides is 1. The van der Waals surface area contributed by atoms with Gasteiger partial charge in [-0.25, -0.2) is 4.39 Å². The summed E-state index contributed by atoms with van der Waals surface area (Å²) in [5, 5.41) is 8.85. The lowest BCUT2D eigenvalue weighted by Crippen LogP contribution is -2.24. The maximum absolute atomic E-state index is 14.4. The molecule has 1 aromatic carbocycles. The number of carbonyl (C=O) groups is 2. The minimum atomic E-state index is -0.764. The molecule has 0 radical (unpaired) electrons. The molecule has 1 fully saturated rings. The second kappa shape index (κ2) is 7.12. The molecule has 1 N–H and O–H groups in total. The average molecular weight is 385 g/mol. The summed E-state index contributed by atoms with van der Waals surface area (Å²) in [5.74, 6) is -0.940. The first-order valence-corrected chi connectivity index (χ1v) is 8.72. The van der Waals surface area contributed by atoms with Gasteiger partial charge in [-0.1, -0.05) is 28.1 Å². The van der Waals surface area contributed by atoms with Gasteiger partial charge < -0.3 is 5.11 Å². The van der Waals surface area contributed by atoms with Crippen LogP contribution in [-0.4, -0.2) is 21.2 Å². The Kier molecular flexibility index (Phi) is 5.61. The maximum atomic E-state index is 14.4. The average Bonchev–Trinajstić information content (AvgIpc) is 2.46. The van der Waals surface area contributed by atoms with E-state index in [0.29, 0.717) is 11.1 Å². The van der Waals surface area contributed by atoms with Crippen LogP contribution in [0.5, 0.6) is 0 Å². The van der Waals surface area contributed by atoms with Crippen molar-refractivity contribution >= 4 is 27.7 Å². The number of carboxylic acid groups (broad SMARTS) is 1. The van der Waals surface area contributed by atoms with Crippen LogP contribution in [0.2, 0.25) is 0 Å². The number of halogens is 2. The van der Waals surface area contributed by atoms with Gasteiger partial charge in [-0.05, 0) is 63.0 Å². The molecule has 0 spiro atoms. The van der Waals surface area contributed by atoms with Crippen molar-refractivity contribution in [2.75, 3.05) is 0 Å². The van der Waals surface area contributed by atoms with Crippen LogP contribution < -0.4 is 0 Å². The third-order valence-corrected chi connectivity index (χ3v) is 4.91. The van der Waals surface area contributed by atoms with Gasteiger partial charge in [-0.15, -0.1) is 0 Å². The molecule has 0 amide bonds. The fourth-order valence-electron chi connectivity index (χ4n) is 3.27. The van der Waals surface area contributed by atoms with E-state index in [4.69, 9.17) is 5.11 Å². The summed E-state index contributed by atoms with van der Waals surface area (Å²) in [5.41, 5.74) is 1.01. The van der Waals surface area contributed by atoms with Crippen LogP contribution in [0.15, 0.2) is 18.2 Å². The van der Waals surface area contributed by atoms with E-state index in [-0.39, 0.29) is 29.9 Å². The molecule has 3 nitrogen and oxygen atoms in total. The van der Waals surface area contributed by atoms with Gasteiger partial charge in [0.15, 0.2) is 5.78 Å². The Morgan fingerprint density at radius 3 is 2.35 bits per heavy atom. The molecule has 126 valence electrons. The highest BCUT2D eigenvalue weighted by molar-refractivity contribution is 9.10. The van der Waals surface area contributed by atoms with Crippen molar-refractivity contribution in [3.8, 4) is 0 Å². The van der Waals surface area contributed by atoms with Gasteiger partial charge in [-0.2, -0.15) is 0 Å². The second-order valence-electron chi connectivity index (χ2n) is 6.85. The maximum Gasteiger partial charge on any atom is 0.303 e. The number of aliphatic carboxylic acids is 1. The Balaban J connectivity index is 2.08. The van der Waals surface area contributed by atoms with Crippen molar-refractivity contribution in [3.05, 3.63) is 35.1 Å². The first-order valence-electron chi connectivity index (χ1n) is 7.93. The molecule has 1 aliphatic rings. The topological polar surface area (TPSA) is 54.4 Å². The molecular formula is C18H22BrFO3. The molecule has 23 heavy (non-hydrogen) atoms. The van der Waals surface area contributed by atoms with Gasteiger partial charge in [0.2, 0.25) is 0 Å². The first-order chi connectivity index (χ1) is 10.7. The lowest BCUT2D eigenvalue weighted by Gasteiger charge is -2.28. The van der Waals surface area contributed by atoms with Crippen LogP contribution >= 0.6 is 15.9 Å². The first kappa shape index (κ1) is 18.1. The summed E-state index contributed by atoms with van der Waals surface area (Å²) in [6.45, 7) is 3.48. The summed E-state index contributed by atoms with van der Waals surface area (Å²) in [6.07, 6.45) is 3.41. The molecule has 0 saturated heterocycles. The Morgan fingerprint density at radius 1 is 1.26 bits per heavy atom. The van der Waals surface area contributed by atoms with Crippen molar-refractivity contribution in [1.82, 2.24) is 0 Å². The van der Waals surface area contributed by atoms with Crippen LogP contribution in [0, 0.1) is 11.7 Å². The summed E-state index contributed by atoms with van der Waals surface area (Å²) >= 11 is 3.31. The Labute approximate surface area is 144 Å². The summed E-state index contributed by atoms with van der Waals surface area (Å²) < 4.78 is 13.7. The van der Waals surface area contributed by atoms with E-state index in [0.717, 1.165) is 25.7 Å². The minimum absolute atomic E-state index is 0.112. The molecular weight excluding hydrogens is 363 g/mol. The van der Waals surface area contributed by atoms with E-state index < -0.39 is 10.3 Å². The van der Waals surface area contributed by atoms with Gasteiger partial charge in [0.25, 0.3) is 0 Å². The summed E-state index contributed by atoms with van der Waals surface area (Å²) in [7, 11) is 0. The highest BCUT2D eigenvalue weighted by Crippen LogP contribution is 2.38. The molecule has 0 atom stereocenters. The SMILES string of the molecule is CC(C)(Br)C(=O)c1ccc(C2CCC(CC(=O)O)CC2)c(F)c1. The quantitative estimate of drug-likeness (QED) is 0.578. The summed E-state index contributed by atoms with van der Waals surface area (Å²) in [6, 6.07) is 4.72. The predicted octanol–water partition coefficient (Wildman–Crippen LogP) is 4.93. The van der Waals surface area contributed by atoms with Gasteiger partial charge in [0, 0.05) is 12.0 Å². The zero-order valence-corrected chi connectivity index (χ0v) is 15.0. The fraction of sp³-hybridized carbons (Fsp3) is 0.556. The lowest BCUT2D eigenvalue weighted by molar-refractivity contribution is -0.138. The summed E-state index contributed by atoms with van der Waals surface area (Å²) in [4.78, 5) is 22.9. The van der Waals surface area contributed by atoms with E-state index in [2.05, 4.69) is 15.9 Å². The third kappa shape index (κ3) is 4.63. The molecule has 1 aliphatic carbocycles. The molecule has 0 bridgehead atoms. The normalized spacial score (nSPS) is 21.9. The minimum Gasteiger partial charge on any atom is -0.481 e. The van der Waals surface area contributed by atoms with E-state index in [1.165, 1.54) is 6.07 Å². The van der Waals surface area contributed by atoms with Gasteiger partial charge in [-0.3, -0.25) is 9.59 Å². The number of rotatable bonds is 5. The van der Waals surface area contributed by atoms with Crippen LogP contribution in [0.1, 0.15) is 67.8 Å². The predicted molar refractivity (Wildman–Crippen MR) is 90.7 cm³/mol. The number of hydrogen-bond donors (Lipinski definition) is 1. The highest BCUT2D eigenvalue weighted by atomic mass is 79.9. The molecule has 0 aromatic heterocycles. The van der Waals surface area contributed by atoms with E-state index in [1.54, 1.807) is 26.0 Å². The van der Waals surface area contributed by atoms with Gasteiger partial charge >= 0.3 is 5.97 Å². The monoisotopic (exact) mass is 384 g/mol. The van der Waals surface area contributed by atoms with Crippen molar-refractivity contribution in [2.24, 2.45) is 5.92 Å². The fourth-order valence-corrected chi connectivity index (χ4v) is 3.50. The van der Waals surface area contributed by atoms with Crippen molar-refractivity contribution < 1.29 is 19.1 Å². The van der Waals surface area contributed by atoms with Crippen LogP contribution in [0.25, 0.3) is 0 Å². The standard InChI is InChI=1S/C18H22BrFO3/c1-18(2,19)17(23)13-7-8-14(15(20)10-13)12-5-3-11(4-6-12)9-16(21)22/h7-8,10-12H,3-6,9H2,1-2H3,(H,21,22).